The van der Waals surface area contributed by atoms with E-state index in [9.17, 15) is 9.59 Å². The molecule has 2 amide bonds. The summed E-state index contributed by atoms with van der Waals surface area (Å²) in [5.74, 6) is 0.318. The lowest BCUT2D eigenvalue weighted by atomic mass is 9.88. The smallest absolute Gasteiger partial charge is 0.258 e. The largest absolute Gasteiger partial charge is 0.321 e. The summed E-state index contributed by atoms with van der Waals surface area (Å²) in [6.07, 6.45) is 3.14. The summed E-state index contributed by atoms with van der Waals surface area (Å²) in [7, 11) is 0. The van der Waals surface area contributed by atoms with E-state index in [1.54, 1.807) is 11.3 Å². The molecule has 0 radical (unpaired) electrons. The van der Waals surface area contributed by atoms with Crippen molar-refractivity contribution in [3.63, 3.8) is 0 Å². The van der Waals surface area contributed by atoms with Crippen molar-refractivity contribution in [2.24, 2.45) is 5.92 Å². The molecule has 4 aromatic rings. The SMILES string of the molecule is CC1CCc2c(sc(NC(=O)Cc3ccccc3)c2C(=O)Nc2cccc3ccccc23)C1. The molecular formula is C28H26N2O2S. The summed E-state index contributed by atoms with van der Waals surface area (Å²) in [5.41, 5.74) is 3.44. The monoisotopic (exact) mass is 454 g/mol. The van der Waals surface area contributed by atoms with Gasteiger partial charge in [-0.25, -0.2) is 0 Å². The molecular weight excluding hydrogens is 428 g/mol. The van der Waals surface area contributed by atoms with Crippen LogP contribution in [0.15, 0.2) is 72.8 Å². The lowest BCUT2D eigenvalue weighted by molar-refractivity contribution is -0.115. The molecule has 1 aliphatic carbocycles. The molecule has 166 valence electrons. The molecule has 5 heteroatoms. The molecule has 0 aliphatic heterocycles. The summed E-state index contributed by atoms with van der Waals surface area (Å²) in [6.45, 7) is 2.24. The van der Waals surface area contributed by atoms with Crippen LogP contribution in [0.2, 0.25) is 0 Å². The molecule has 1 heterocycles. The zero-order valence-electron chi connectivity index (χ0n) is 18.6. The lowest BCUT2D eigenvalue weighted by Crippen LogP contribution is -2.20. The highest BCUT2D eigenvalue weighted by molar-refractivity contribution is 7.17. The Morgan fingerprint density at radius 2 is 1.70 bits per heavy atom. The molecule has 3 aromatic carbocycles. The van der Waals surface area contributed by atoms with Crippen molar-refractivity contribution in [3.8, 4) is 0 Å². The van der Waals surface area contributed by atoms with Gasteiger partial charge < -0.3 is 10.6 Å². The predicted octanol–water partition coefficient (Wildman–Crippen LogP) is 6.46. The Bertz CT molecular complexity index is 1320. The summed E-state index contributed by atoms with van der Waals surface area (Å²) < 4.78 is 0. The molecule has 1 atom stereocenters. The Morgan fingerprint density at radius 1 is 0.939 bits per heavy atom. The van der Waals surface area contributed by atoms with E-state index < -0.39 is 0 Å². The van der Waals surface area contributed by atoms with Crippen LogP contribution in [0, 0.1) is 5.92 Å². The van der Waals surface area contributed by atoms with Crippen LogP contribution in [0.5, 0.6) is 0 Å². The minimum absolute atomic E-state index is 0.105. The van der Waals surface area contributed by atoms with Gasteiger partial charge in [-0.3, -0.25) is 9.59 Å². The van der Waals surface area contributed by atoms with Crippen LogP contribution < -0.4 is 10.6 Å². The number of thiophene rings is 1. The van der Waals surface area contributed by atoms with Crippen molar-refractivity contribution in [3.05, 3.63) is 94.4 Å². The fourth-order valence-electron chi connectivity index (χ4n) is 4.55. The van der Waals surface area contributed by atoms with Gasteiger partial charge in [0.2, 0.25) is 5.91 Å². The van der Waals surface area contributed by atoms with E-state index in [2.05, 4.69) is 17.6 Å². The molecule has 0 saturated carbocycles. The third-order valence-electron chi connectivity index (χ3n) is 6.24. The molecule has 1 aliphatic rings. The maximum atomic E-state index is 13.6. The second-order valence-corrected chi connectivity index (χ2v) is 9.85. The van der Waals surface area contributed by atoms with Crippen LogP contribution in [0.1, 0.15) is 39.7 Å². The highest BCUT2D eigenvalue weighted by atomic mass is 32.1. The molecule has 4 nitrogen and oxygen atoms in total. The molecule has 0 fully saturated rings. The standard InChI is InChI=1S/C28H26N2O2S/c1-18-14-15-22-24(16-18)33-28(30-25(31)17-19-8-3-2-4-9-19)26(22)27(32)29-23-13-7-11-20-10-5-6-12-21(20)23/h2-13,18H,14-17H2,1H3,(H,29,32)(H,30,31). The molecule has 1 aromatic heterocycles. The Balaban J connectivity index is 1.46. The Labute approximate surface area is 197 Å². The fourth-order valence-corrected chi connectivity index (χ4v) is 5.97. The van der Waals surface area contributed by atoms with Gasteiger partial charge in [0.25, 0.3) is 5.91 Å². The normalized spacial score (nSPS) is 15.1. The van der Waals surface area contributed by atoms with Crippen LogP contribution in [-0.4, -0.2) is 11.8 Å². The molecule has 0 saturated heterocycles. The Morgan fingerprint density at radius 3 is 2.55 bits per heavy atom. The van der Waals surface area contributed by atoms with Gasteiger partial charge in [0.1, 0.15) is 5.00 Å². The number of anilines is 2. The molecule has 0 spiro atoms. The van der Waals surface area contributed by atoms with Gasteiger partial charge in [0.05, 0.1) is 12.0 Å². The first-order valence-corrected chi connectivity index (χ1v) is 12.2. The Hall–Kier alpha value is -3.44. The maximum absolute atomic E-state index is 13.6. The van der Waals surface area contributed by atoms with E-state index in [0.29, 0.717) is 16.5 Å². The van der Waals surface area contributed by atoms with Crippen LogP contribution in [0.25, 0.3) is 10.8 Å². The van der Waals surface area contributed by atoms with Gasteiger partial charge in [-0.15, -0.1) is 11.3 Å². The number of hydrogen-bond donors (Lipinski definition) is 2. The molecule has 5 rings (SSSR count). The molecule has 1 unspecified atom stereocenters. The zero-order chi connectivity index (χ0) is 22.8. The summed E-state index contributed by atoms with van der Waals surface area (Å²) in [6, 6.07) is 23.6. The van der Waals surface area contributed by atoms with Gasteiger partial charge >= 0.3 is 0 Å². The van der Waals surface area contributed by atoms with E-state index in [0.717, 1.165) is 46.8 Å². The van der Waals surface area contributed by atoms with Gasteiger partial charge in [-0.2, -0.15) is 0 Å². The minimum Gasteiger partial charge on any atom is -0.321 e. The van der Waals surface area contributed by atoms with Crippen LogP contribution >= 0.6 is 11.3 Å². The Kier molecular flexibility index (Phi) is 5.97. The van der Waals surface area contributed by atoms with Crippen molar-refractivity contribution < 1.29 is 9.59 Å². The number of hydrogen-bond acceptors (Lipinski definition) is 3. The summed E-state index contributed by atoms with van der Waals surface area (Å²) >= 11 is 1.55. The lowest BCUT2D eigenvalue weighted by Gasteiger charge is -2.19. The average molecular weight is 455 g/mol. The van der Waals surface area contributed by atoms with Crippen molar-refractivity contribution in [2.75, 3.05) is 10.6 Å². The van der Waals surface area contributed by atoms with Crippen molar-refractivity contribution in [2.45, 2.75) is 32.6 Å². The zero-order valence-corrected chi connectivity index (χ0v) is 19.4. The first-order chi connectivity index (χ1) is 16.1. The van der Waals surface area contributed by atoms with Crippen molar-refractivity contribution >= 4 is 44.6 Å². The summed E-state index contributed by atoms with van der Waals surface area (Å²) in [4.78, 5) is 27.6. The van der Waals surface area contributed by atoms with Gasteiger partial charge in [-0.1, -0.05) is 73.7 Å². The van der Waals surface area contributed by atoms with E-state index in [4.69, 9.17) is 0 Å². The average Bonchev–Trinajstić information content (AvgIpc) is 3.16. The highest BCUT2D eigenvalue weighted by Gasteiger charge is 2.28. The topological polar surface area (TPSA) is 58.2 Å². The van der Waals surface area contributed by atoms with Crippen LogP contribution in [0.3, 0.4) is 0 Å². The first-order valence-electron chi connectivity index (χ1n) is 11.4. The van der Waals surface area contributed by atoms with E-state index >= 15 is 0 Å². The van der Waals surface area contributed by atoms with E-state index in [1.165, 1.54) is 4.88 Å². The van der Waals surface area contributed by atoms with E-state index in [1.807, 2.05) is 72.8 Å². The van der Waals surface area contributed by atoms with E-state index in [-0.39, 0.29) is 18.2 Å². The predicted molar refractivity (Wildman–Crippen MR) is 136 cm³/mol. The van der Waals surface area contributed by atoms with Crippen molar-refractivity contribution in [1.29, 1.82) is 0 Å². The van der Waals surface area contributed by atoms with Crippen LogP contribution in [0.4, 0.5) is 10.7 Å². The number of benzene rings is 3. The summed E-state index contributed by atoms with van der Waals surface area (Å²) in [5, 5.41) is 8.92. The molecule has 0 bridgehead atoms. The van der Waals surface area contributed by atoms with Crippen LogP contribution in [-0.2, 0) is 24.1 Å². The number of carbonyl (C=O) groups is 2. The number of rotatable bonds is 5. The van der Waals surface area contributed by atoms with Gasteiger partial charge in [0, 0.05) is 16.0 Å². The number of nitrogens with one attached hydrogen (secondary N) is 2. The van der Waals surface area contributed by atoms with Gasteiger partial charge in [-0.05, 0) is 47.8 Å². The maximum Gasteiger partial charge on any atom is 0.258 e. The second kappa shape index (κ2) is 9.20. The highest BCUT2D eigenvalue weighted by Crippen LogP contribution is 2.40. The third-order valence-corrected chi connectivity index (χ3v) is 7.41. The molecule has 2 N–H and O–H groups in total. The van der Waals surface area contributed by atoms with Crippen molar-refractivity contribution in [1.82, 2.24) is 0 Å². The first kappa shape index (κ1) is 21.4. The molecule has 33 heavy (non-hydrogen) atoms. The number of amides is 2. The minimum atomic E-state index is -0.159. The second-order valence-electron chi connectivity index (χ2n) is 8.75. The number of fused-ring (bicyclic) bond motifs is 2. The third kappa shape index (κ3) is 4.55. The number of carbonyl (C=O) groups excluding carboxylic acids is 2. The fraction of sp³-hybridized carbons (Fsp3) is 0.214. The van der Waals surface area contributed by atoms with Gasteiger partial charge in [0.15, 0.2) is 0 Å². The quantitative estimate of drug-likeness (QED) is 0.364.